The predicted octanol–water partition coefficient (Wildman–Crippen LogP) is 0.459. The molecule has 0 radical (unpaired) electrons. The van der Waals surface area contributed by atoms with Crippen LogP contribution in [0.15, 0.2) is 10.2 Å². The van der Waals surface area contributed by atoms with Crippen LogP contribution in [-0.2, 0) is 9.47 Å². The van der Waals surface area contributed by atoms with Gasteiger partial charge in [0.05, 0.1) is 24.3 Å². The van der Waals surface area contributed by atoms with Gasteiger partial charge in [0.15, 0.2) is 0 Å². The van der Waals surface area contributed by atoms with Crippen molar-refractivity contribution in [3.63, 3.8) is 0 Å². The molecule has 0 bridgehead atoms. The van der Waals surface area contributed by atoms with Gasteiger partial charge in [0.25, 0.3) is 0 Å². The highest BCUT2D eigenvalue weighted by molar-refractivity contribution is 5.00. The van der Waals surface area contributed by atoms with Gasteiger partial charge in [-0.2, -0.15) is 0 Å². The van der Waals surface area contributed by atoms with Crippen molar-refractivity contribution in [2.45, 2.75) is 36.8 Å². The Balaban J connectivity index is 2.88. The summed E-state index contributed by atoms with van der Waals surface area (Å²) < 4.78 is 9.87. The molecule has 0 saturated heterocycles. The molecule has 2 N–H and O–H groups in total. The second kappa shape index (κ2) is 7.02. The molecule has 5 atom stereocenters. The Kier molecular flexibility index (Phi) is 5.66. The number of methoxy groups -OCH3 is 1. The zero-order valence-electron chi connectivity index (χ0n) is 9.70. The third-order valence-electron chi connectivity index (χ3n) is 2.72. The molecule has 0 aromatic heterocycles. The van der Waals surface area contributed by atoms with Crippen LogP contribution in [0.25, 0.3) is 20.9 Å². The molecule has 1 rings (SSSR count). The molecule has 1 fully saturated rings. The fraction of sp³-hybridized carbons (Fsp3) is 1.00. The molecule has 0 aliphatic heterocycles. The maximum absolute atomic E-state index is 9.86. The first-order valence-electron chi connectivity index (χ1n) is 5.20. The molecule has 1 saturated carbocycles. The summed E-state index contributed by atoms with van der Waals surface area (Å²) in [6.07, 6.45) is -3.39. The van der Waals surface area contributed by atoms with E-state index < -0.39 is 30.4 Å². The first-order valence-corrected chi connectivity index (χ1v) is 5.20. The highest BCUT2D eigenvalue weighted by Gasteiger charge is 2.43. The highest BCUT2D eigenvalue weighted by atomic mass is 16.7. The number of rotatable bonds is 5. The average Bonchev–Trinajstić information content (AvgIpc) is 2.36. The van der Waals surface area contributed by atoms with Gasteiger partial charge >= 0.3 is 0 Å². The third-order valence-corrected chi connectivity index (χ3v) is 2.72. The van der Waals surface area contributed by atoms with Crippen LogP contribution in [0.5, 0.6) is 0 Å². The molecule has 100 valence electrons. The molecule has 0 spiro atoms. The van der Waals surface area contributed by atoms with E-state index in [1.54, 1.807) is 0 Å². The molecule has 0 aromatic carbocycles. The maximum Gasteiger partial charge on any atom is 0.146 e. The molecular weight excluding hydrogens is 244 g/mol. The van der Waals surface area contributed by atoms with Crippen LogP contribution in [0.2, 0.25) is 0 Å². The van der Waals surface area contributed by atoms with Gasteiger partial charge in [0.1, 0.15) is 12.9 Å². The van der Waals surface area contributed by atoms with Gasteiger partial charge in [-0.15, -0.1) is 0 Å². The van der Waals surface area contributed by atoms with Gasteiger partial charge < -0.3 is 19.7 Å². The standard InChI is InChI=1S/C8H14N6O4/c1-17-3-18-8-5(12-14-10)2-4(11-13-9)6(15)7(8)16/h4-8,15-16H,2-3H2,1H3. The van der Waals surface area contributed by atoms with Crippen molar-refractivity contribution in [1.82, 2.24) is 0 Å². The largest absolute Gasteiger partial charge is 0.390 e. The molecule has 0 heterocycles. The molecular formula is C8H14N6O4. The minimum atomic E-state index is -1.32. The average molecular weight is 258 g/mol. The summed E-state index contributed by atoms with van der Waals surface area (Å²) in [6.45, 7) is -0.113. The van der Waals surface area contributed by atoms with Crippen LogP contribution >= 0.6 is 0 Å². The Morgan fingerprint density at radius 2 is 1.78 bits per heavy atom. The van der Waals surface area contributed by atoms with Crippen LogP contribution < -0.4 is 0 Å². The summed E-state index contributed by atoms with van der Waals surface area (Å²) in [6, 6.07) is -1.60. The Morgan fingerprint density at radius 1 is 1.17 bits per heavy atom. The summed E-state index contributed by atoms with van der Waals surface area (Å²) in [4.78, 5) is 5.23. The molecule has 0 amide bonds. The normalized spacial score (nSPS) is 35.4. The second-order valence-electron chi connectivity index (χ2n) is 3.80. The number of ether oxygens (including phenoxy) is 2. The highest BCUT2D eigenvalue weighted by Crippen LogP contribution is 2.27. The molecule has 1 aliphatic carbocycles. The summed E-state index contributed by atoms with van der Waals surface area (Å²) in [5.41, 5.74) is 16.8. The lowest BCUT2D eigenvalue weighted by molar-refractivity contribution is -0.163. The van der Waals surface area contributed by atoms with E-state index in [0.717, 1.165) is 0 Å². The van der Waals surface area contributed by atoms with E-state index in [1.165, 1.54) is 7.11 Å². The van der Waals surface area contributed by atoms with Crippen LogP contribution in [0.4, 0.5) is 0 Å². The van der Waals surface area contributed by atoms with Crippen molar-refractivity contribution in [1.29, 1.82) is 0 Å². The second-order valence-corrected chi connectivity index (χ2v) is 3.80. The predicted molar refractivity (Wildman–Crippen MR) is 59.2 cm³/mol. The smallest absolute Gasteiger partial charge is 0.146 e. The Labute approximate surface area is 102 Å². The van der Waals surface area contributed by atoms with E-state index in [9.17, 15) is 10.2 Å². The lowest BCUT2D eigenvalue weighted by atomic mass is 9.84. The fourth-order valence-corrected chi connectivity index (χ4v) is 1.89. The van der Waals surface area contributed by atoms with E-state index in [1.807, 2.05) is 0 Å². The van der Waals surface area contributed by atoms with E-state index in [2.05, 4.69) is 20.1 Å². The van der Waals surface area contributed by atoms with E-state index >= 15 is 0 Å². The van der Waals surface area contributed by atoms with E-state index in [-0.39, 0.29) is 13.2 Å². The molecule has 18 heavy (non-hydrogen) atoms. The molecule has 1 aliphatic rings. The minimum Gasteiger partial charge on any atom is -0.390 e. The van der Waals surface area contributed by atoms with Crippen molar-refractivity contribution in [2.24, 2.45) is 10.2 Å². The van der Waals surface area contributed by atoms with E-state index in [4.69, 9.17) is 20.5 Å². The lowest BCUT2D eigenvalue weighted by Gasteiger charge is -2.39. The first kappa shape index (κ1) is 14.5. The monoisotopic (exact) mass is 258 g/mol. The quantitative estimate of drug-likeness (QED) is 0.317. The van der Waals surface area contributed by atoms with Crippen LogP contribution in [0.1, 0.15) is 6.42 Å². The molecule has 10 nitrogen and oxygen atoms in total. The van der Waals surface area contributed by atoms with Crippen LogP contribution in [0.3, 0.4) is 0 Å². The molecule has 0 aromatic rings. The van der Waals surface area contributed by atoms with Gasteiger partial charge in [-0.1, -0.05) is 10.2 Å². The summed E-state index contributed by atoms with van der Waals surface area (Å²) in [5.74, 6) is 0. The fourth-order valence-electron chi connectivity index (χ4n) is 1.89. The van der Waals surface area contributed by atoms with Crippen molar-refractivity contribution in [3.8, 4) is 0 Å². The Hall–Kier alpha value is -1.54. The summed E-state index contributed by atoms with van der Waals surface area (Å²) in [5, 5.41) is 26.5. The number of aliphatic hydroxyl groups excluding tert-OH is 2. The number of hydrogen-bond acceptors (Lipinski definition) is 6. The first-order chi connectivity index (χ1) is 8.65. The Morgan fingerprint density at radius 3 is 2.33 bits per heavy atom. The van der Waals surface area contributed by atoms with Crippen LogP contribution in [-0.4, -0.2) is 54.5 Å². The van der Waals surface area contributed by atoms with Crippen LogP contribution in [0, 0.1) is 0 Å². The summed E-state index contributed by atoms with van der Waals surface area (Å²) >= 11 is 0. The van der Waals surface area contributed by atoms with Crippen molar-refractivity contribution < 1.29 is 19.7 Å². The molecule has 5 unspecified atom stereocenters. The van der Waals surface area contributed by atoms with Gasteiger partial charge in [-0.3, -0.25) is 0 Å². The molecule has 10 heteroatoms. The number of azide groups is 2. The third kappa shape index (κ3) is 3.23. The minimum absolute atomic E-state index is 0.0979. The maximum atomic E-state index is 9.86. The van der Waals surface area contributed by atoms with E-state index in [0.29, 0.717) is 0 Å². The Bertz CT molecular complexity index is 367. The van der Waals surface area contributed by atoms with Crippen molar-refractivity contribution in [3.05, 3.63) is 20.9 Å². The number of aliphatic hydroxyl groups is 2. The zero-order valence-corrected chi connectivity index (χ0v) is 9.70. The van der Waals surface area contributed by atoms with Gasteiger partial charge in [0.2, 0.25) is 0 Å². The number of nitrogens with zero attached hydrogens (tertiary/aromatic N) is 6. The summed E-state index contributed by atoms with van der Waals surface area (Å²) in [7, 11) is 1.40. The topological polar surface area (TPSA) is 156 Å². The van der Waals surface area contributed by atoms with Gasteiger partial charge in [-0.05, 0) is 17.5 Å². The van der Waals surface area contributed by atoms with Gasteiger partial charge in [-0.25, -0.2) is 0 Å². The SMILES string of the molecule is COCOC1C(N=[N+]=[N-])CC(N=[N+]=[N-])C(O)C1O. The van der Waals surface area contributed by atoms with Crippen molar-refractivity contribution >= 4 is 0 Å². The van der Waals surface area contributed by atoms with Crippen molar-refractivity contribution in [2.75, 3.05) is 13.9 Å². The number of hydrogen-bond donors (Lipinski definition) is 2. The van der Waals surface area contributed by atoms with Gasteiger partial charge in [0, 0.05) is 16.9 Å². The lowest BCUT2D eigenvalue weighted by Crippen LogP contribution is -2.55. The zero-order chi connectivity index (χ0) is 13.5.